The Morgan fingerprint density at radius 1 is 1.16 bits per heavy atom. The highest BCUT2D eigenvalue weighted by atomic mass is 16.4. The highest BCUT2D eigenvalue weighted by Gasteiger charge is 2.42. The SMILES string of the molecule is CN(C)C(=O)C1(CNC(=O)CCC(=O)O)CCCC1. The fraction of sp³-hybridized carbons (Fsp3) is 0.769. The van der Waals surface area contributed by atoms with Crippen LogP contribution in [0.1, 0.15) is 38.5 Å². The Morgan fingerprint density at radius 2 is 1.74 bits per heavy atom. The van der Waals surface area contributed by atoms with Gasteiger partial charge in [-0.05, 0) is 12.8 Å². The number of nitrogens with zero attached hydrogens (tertiary/aromatic N) is 1. The number of nitrogens with one attached hydrogen (secondary N) is 1. The molecule has 0 radical (unpaired) electrons. The lowest BCUT2D eigenvalue weighted by Gasteiger charge is -2.30. The Hall–Kier alpha value is -1.59. The van der Waals surface area contributed by atoms with Crippen molar-refractivity contribution in [3.63, 3.8) is 0 Å². The molecule has 0 aliphatic heterocycles. The van der Waals surface area contributed by atoms with Crippen molar-refractivity contribution in [1.29, 1.82) is 0 Å². The van der Waals surface area contributed by atoms with Gasteiger partial charge >= 0.3 is 5.97 Å². The molecule has 1 fully saturated rings. The normalized spacial score (nSPS) is 16.9. The zero-order valence-corrected chi connectivity index (χ0v) is 11.6. The molecule has 0 saturated heterocycles. The molecular formula is C13H22N2O4. The summed E-state index contributed by atoms with van der Waals surface area (Å²) in [6, 6.07) is 0. The molecule has 0 aromatic heterocycles. The number of carbonyl (C=O) groups excluding carboxylic acids is 2. The quantitative estimate of drug-likeness (QED) is 0.740. The molecule has 0 bridgehead atoms. The highest BCUT2D eigenvalue weighted by Crippen LogP contribution is 2.38. The summed E-state index contributed by atoms with van der Waals surface area (Å²) in [5.41, 5.74) is -0.498. The van der Waals surface area contributed by atoms with Gasteiger partial charge in [0, 0.05) is 27.1 Å². The molecule has 0 unspecified atom stereocenters. The zero-order chi connectivity index (χ0) is 14.5. The van der Waals surface area contributed by atoms with E-state index >= 15 is 0 Å². The van der Waals surface area contributed by atoms with Gasteiger partial charge in [-0.2, -0.15) is 0 Å². The van der Waals surface area contributed by atoms with Gasteiger partial charge in [-0.15, -0.1) is 0 Å². The van der Waals surface area contributed by atoms with Crippen LogP contribution < -0.4 is 5.32 Å². The predicted octanol–water partition coefficient (Wildman–Crippen LogP) is 0.616. The van der Waals surface area contributed by atoms with E-state index in [1.807, 2.05) is 0 Å². The van der Waals surface area contributed by atoms with E-state index in [1.54, 1.807) is 19.0 Å². The van der Waals surface area contributed by atoms with Gasteiger partial charge in [-0.3, -0.25) is 14.4 Å². The minimum absolute atomic E-state index is 0.0401. The average molecular weight is 270 g/mol. The van der Waals surface area contributed by atoms with E-state index in [-0.39, 0.29) is 24.7 Å². The van der Waals surface area contributed by atoms with Crippen LogP contribution in [0.25, 0.3) is 0 Å². The summed E-state index contributed by atoms with van der Waals surface area (Å²) >= 11 is 0. The van der Waals surface area contributed by atoms with Crippen molar-refractivity contribution in [2.75, 3.05) is 20.6 Å². The van der Waals surface area contributed by atoms with Gasteiger partial charge < -0.3 is 15.3 Å². The first kappa shape index (κ1) is 15.5. The van der Waals surface area contributed by atoms with Crippen molar-refractivity contribution in [3.8, 4) is 0 Å². The van der Waals surface area contributed by atoms with Gasteiger partial charge in [0.25, 0.3) is 0 Å². The Morgan fingerprint density at radius 3 is 2.21 bits per heavy atom. The minimum atomic E-state index is -0.991. The van der Waals surface area contributed by atoms with Crippen LogP contribution in [0.3, 0.4) is 0 Å². The van der Waals surface area contributed by atoms with Crippen LogP contribution in [0.2, 0.25) is 0 Å². The first-order valence-electron chi connectivity index (χ1n) is 6.58. The summed E-state index contributed by atoms with van der Waals surface area (Å²) in [4.78, 5) is 35.7. The van der Waals surface area contributed by atoms with Gasteiger partial charge in [-0.1, -0.05) is 12.8 Å². The van der Waals surface area contributed by atoms with E-state index in [9.17, 15) is 14.4 Å². The van der Waals surface area contributed by atoms with Gasteiger partial charge in [0.15, 0.2) is 0 Å². The molecule has 19 heavy (non-hydrogen) atoms. The predicted molar refractivity (Wildman–Crippen MR) is 69.5 cm³/mol. The molecule has 1 saturated carbocycles. The van der Waals surface area contributed by atoms with E-state index in [0.717, 1.165) is 25.7 Å². The molecule has 6 nitrogen and oxygen atoms in total. The molecule has 0 aromatic rings. The van der Waals surface area contributed by atoms with Gasteiger partial charge in [0.1, 0.15) is 0 Å². The van der Waals surface area contributed by atoms with Gasteiger partial charge in [0.05, 0.1) is 11.8 Å². The smallest absolute Gasteiger partial charge is 0.303 e. The maximum Gasteiger partial charge on any atom is 0.303 e. The number of carboxylic acids is 1. The summed E-state index contributed by atoms with van der Waals surface area (Å²) in [7, 11) is 3.43. The molecular weight excluding hydrogens is 248 g/mol. The molecule has 0 atom stereocenters. The summed E-state index contributed by atoms with van der Waals surface area (Å²) in [5, 5.41) is 11.2. The molecule has 2 amide bonds. The summed E-state index contributed by atoms with van der Waals surface area (Å²) < 4.78 is 0. The molecule has 2 N–H and O–H groups in total. The minimum Gasteiger partial charge on any atom is -0.481 e. The Labute approximate surface area is 113 Å². The Kier molecular flexibility index (Phi) is 5.32. The fourth-order valence-electron chi connectivity index (χ4n) is 2.57. The Balaban J connectivity index is 2.53. The van der Waals surface area contributed by atoms with Crippen molar-refractivity contribution in [3.05, 3.63) is 0 Å². The molecule has 1 aliphatic rings. The van der Waals surface area contributed by atoms with Crippen molar-refractivity contribution < 1.29 is 19.5 Å². The fourth-order valence-corrected chi connectivity index (χ4v) is 2.57. The second kappa shape index (κ2) is 6.54. The van der Waals surface area contributed by atoms with E-state index in [2.05, 4.69) is 5.32 Å². The van der Waals surface area contributed by atoms with Crippen molar-refractivity contribution in [2.24, 2.45) is 5.41 Å². The van der Waals surface area contributed by atoms with Crippen LogP contribution in [0.5, 0.6) is 0 Å². The molecule has 1 aliphatic carbocycles. The monoisotopic (exact) mass is 270 g/mol. The van der Waals surface area contributed by atoms with Crippen molar-refractivity contribution >= 4 is 17.8 Å². The lowest BCUT2D eigenvalue weighted by atomic mass is 9.84. The number of rotatable bonds is 6. The van der Waals surface area contributed by atoms with Crippen LogP contribution in [-0.2, 0) is 14.4 Å². The third-order valence-corrected chi connectivity index (χ3v) is 3.61. The van der Waals surface area contributed by atoms with E-state index < -0.39 is 11.4 Å². The van der Waals surface area contributed by atoms with Crippen molar-refractivity contribution in [2.45, 2.75) is 38.5 Å². The van der Waals surface area contributed by atoms with Crippen LogP contribution in [0.4, 0.5) is 0 Å². The zero-order valence-electron chi connectivity index (χ0n) is 11.6. The summed E-state index contributed by atoms with van der Waals surface area (Å²) in [5.74, 6) is -1.25. The number of hydrogen-bond acceptors (Lipinski definition) is 3. The first-order chi connectivity index (χ1) is 8.87. The average Bonchev–Trinajstić information content (AvgIpc) is 2.82. The van der Waals surface area contributed by atoms with Gasteiger partial charge in [0.2, 0.25) is 11.8 Å². The van der Waals surface area contributed by atoms with E-state index in [1.165, 1.54) is 0 Å². The van der Waals surface area contributed by atoms with Gasteiger partial charge in [-0.25, -0.2) is 0 Å². The third-order valence-electron chi connectivity index (χ3n) is 3.61. The molecule has 0 aromatic carbocycles. The maximum atomic E-state index is 12.2. The second-order valence-electron chi connectivity index (χ2n) is 5.36. The molecule has 0 spiro atoms. The number of aliphatic carboxylic acids is 1. The summed E-state index contributed by atoms with van der Waals surface area (Å²) in [6.45, 7) is 0.308. The van der Waals surface area contributed by atoms with Crippen LogP contribution in [0.15, 0.2) is 0 Å². The van der Waals surface area contributed by atoms with Crippen LogP contribution in [0, 0.1) is 5.41 Å². The second-order valence-corrected chi connectivity index (χ2v) is 5.36. The topological polar surface area (TPSA) is 86.7 Å². The van der Waals surface area contributed by atoms with E-state index in [4.69, 9.17) is 5.11 Å². The number of carbonyl (C=O) groups is 3. The summed E-state index contributed by atoms with van der Waals surface area (Å²) in [6.07, 6.45) is 3.32. The first-order valence-corrected chi connectivity index (χ1v) is 6.58. The number of hydrogen-bond donors (Lipinski definition) is 2. The maximum absolute atomic E-state index is 12.2. The molecule has 1 rings (SSSR count). The van der Waals surface area contributed by atoms with Crippen LogP contribution >= 0.6 is 0 Å². The molecule has 6 heteroatoms. The van der Waals surface area contributed by atoms with E-state index in [0.29, 0.717) is 6.54 Å². The lowest BCUT2D eigenvalue weighted by molar-refractivity contribution is -0.141. The Bertz CT molecular complexity index is 360. The molecule has 108 valence electrons. The van der Waals surface area contributed by atoms with Crippen molar-refractivity contribution in [1.82, 2.24) is 10.2 Å². The standard InChI is InChI=1S/C13H22N2O4/c1-15(2)12(19)13(7-3-4-8-13)9-14-10(16)5-6-11(17)18/h3-9H2,1-2H3,(H,14,16)(H,17,18). The van der Waals surface area contributed by atoms with Crippen LogP contribution in [-0.4, -0.2) is 48.4 Å². The highest BCUT2D eigenvalue weighted by molar-refractivity contribution is 5.85. The largest absolute Gasteiger partial charge is 0.481 e. The third kappa shape index (κ3) is 4.22. The number of carboxylic acid groups (broad SMARTS) is 1. The lowest BCUT2D eigenvalue weighted by Crippen LogP contribution is -2.46. The number of amides is 2. The molecule has 0 heterocycles.